The van der Waals surface area contributed by atoms with Gasteiger partial charge in [-0.1, -0.05) is 70.5 Å². The molecule has 0 atom stereocenters. The second-order valence-electron chi connectivity index (χ2n) is 4.11. The molecular formula is C15H14BrN3O. The van der Waals surface area contributed by atoms with Crippen LogP contribution in [-0.2, 0) is 0 Å². The molecule has 2 aromatic rings. The van der Waals surface area contributed by atoms with Crippen molar-refractivity contribution in [3.63, 3.8) is 0 Å². The Morgan fingerprint density at radius 1 is 1.05 bits per heavy atom. The monoisotopic (exact) mass is 331 g/mol. The molecular weight excluding hydrogens is 318 g/mol. The molecule has 4 nitrogen and oxygen atoms in total. The predicted molar refractivity (Wildman–Crippen MR) is 84.9 cm³/mol. The molecule has 2 amide bonds. The number of nitrogens with two attached hydrogens (primary N) is 1. The van der Waals surface area contributed by atoms with Crippen LogP contribution in [0.4, 0.5) is 4.79 Å². The van der Waals surface area contributed by atoms with Crippen molar-refractivity contribution in [3.05, 3.63) is 60.2 Å². The number of primary amides is 1. The Kier molecular flexibility index (Phi) is 4.90. The molecule has 0 heterocycles. The number of carbonyl (C=O) groups excluding carboxylic acids is 1. The molecule has 0 fully saturated rings. The second kappa shape index (κ2) is 6.86. The van der Waals surface area contributed by atoms with Gasteiger partial charge in [0, 0.05) is 5.33 Å². The van der Waals surface area contributed by atoms with Crippen LogP contribution in [0, 0.1) is 0 Å². The maximum Gasteiger partial charge on any atom is 0.332 e. The standard InChI is InChI=1S/C15H14BrN3O/c16-10-14(18-19-15(17)20)13-8-6-12(7-9-13)11-4-2-1-3-5-11/h1-9H,10H2,(H3,17,19,20). The summed E-state index contributed by atoms with van der Waals surface area (Å²) in [4.78, 5) is 10.7. The first-order valence-electron chi connectivity index (χ1n) is 6.04. The Balaban J connectivity index is 2.23. The van der Waals surface area contributed by atoms with E-state index in [1.165, 1.54) is 0 Å². The molecule has 0 aliphatic heterocycles. The van der Waals surface area contributed by atoms with Gasteiger partial charge in [0.25, 0.3) is 0 Å². The highest BCUT2D eigenvalue weighted by atomic mass is 79.9. The minimum absolute atomic E-state index is 0.526. The largest absolute Gasteiger partial charge is 0.350 e. The molecule has 20 heavy (non-hydrogen) atoms. The molecule has 0 saturated heterocycles. The molecule has 2 aromatic carbocycles. The van der Waals surface area contributed by atoms with Crippen LogP contribution in [0.5, 0.6) is 0 Å². The van der Waals surface area contributed by atoms with E-state index in [9.17, 15) is 4.79 Å². The zero-order valence-electron chi connectivity index (χ0n) is 10.7. The number of hydrogen-bond donors (Lipinski definition) is 2. The van der Waals surface area contributed by atoms with Gasteiger partial charge >= 0.3 is 6.03 Å². The minimum atomic E-state index is -0.677. The van der Waals surface area contributed by atoms with Crippen LogP contribution in [0.1, 0.15) is 5.56 Å². The van der Waals surface area contributed by atoms with Crippen molar-refractivity contribution in [1.82, 2.24) is 5.43 Å². The number of alkyl halides is 1. The third-order valence-electron chi connectivity index (χ3n) is 2.75. The fourth-order valence-corrected chi connectivity index (χ4v) is 2.23. The maximum absolute atomic E-state index is 10.7. The molecule has 0 aromatic heterocycles. The van der Waals surface area contributed by atoms with Crippen LogP contribution >= 0.6 is 15.9 Å². The quantitative estimate of drug-likeness (QED) is 0.504. The third-order valence-corrected chi connectivity index (χ3v) is 3.28. The first kappa shape index (κ1) is 14.3. The molecule has 0 bridgehead atoms. The van der Waals surface area contributed by atoms with Crippen LogP contribution in [0.15, 0.2) is 59.7 Å². The number of amides is 2. The minimum Gasteiger partial charge on any atom is -0.350 e. The summed E-state index contributed by atoms with van der Waals surface area (Å²) in [6.45, 7) is 0. The predicted octanol–water partition coefficient (Wildman–Crippen LogP) is 3.12. The molecule has 3 N–H and O–H groups in total. The lowest BCUT2D eigenvalue weighted by Gasteiger charge is -2.06. The Morgan fingerprint density at radius 2 is 1.65 bits per heavy atom. The zero-order valence-corrected chi connectivity index (χ0v) is 12.3. The highest BCUT2D eigenvalue weighted by molar-refractivity contribution is 9.09. The number of halogens is 1. The van der Waals surface area contributed by atoms with E-state index < -0.39 is 6.03 Å². The first-order valence-corrected chi connectivity index (χ1v) is 7.16. The summed E-state index contributed by atoms with van der Waals surface area (Å²) < 4.78 is 0. The van der Waals surface area contributed by atoms with Gasteiger partial charge in [-0.3, -0.25) is 0 Å². The van der Waals surface area contributed by atoms with E-state index in [4.69, 9.17) is 5.73 Å². The Morgan fingerprint density at radius 3 is 2.20 bits per heavy atom. The number of carbonyl (C=O) groups is 1. The van der Waals surface area contributed by atoms with Gasteiger partial charge in [0.1, 0.15) is 0 Å². The van der Waals surface area contributed by atoms with Crippen molar-refractivity contribution in [2.24, 2.45) is 10.8 Å². The van der Waals surface area contributed by atoms with Gasteiger partial charge in [-0.2, -0.15) is 5.10 Å². The lowest BCUT2D eigenvalue weighted by molar-refractivity contribution is 0.249. The summed E-state index contributed by atoms with van der Waals surface area (Å²) in [6.07, 6.45) is 0. The molecule has 5 heteroatoms. The zero-order chi connectivity index (χ0) is 14.4. The smallest absolute Gasteiger partial charge is 0.332 e. The molecule has 102 valence electrons. The summed E-state index contributed by atoms with van der Waals surface area (Å²) in [6, 6.07) is 17.4. The lowest BCUT2D eigenvalue weighted by atomic mass is 10.0. The van der Waals surface area contributed by atoms with Gasteiger partial charge in [-0.15, -0.1) is 0 Å². The van der Waals surface area contributed by atoms with Crippen molar-refractivity contribution < 1.29 is 4.79 Å². The molecule has 0 aliphatic rings. The molecule has 0 radical (unpaired) electrons. The van der Waals surface area contributed by atoms with Crippen molar-refractivity contribution in [2.45, 2.75) is 0 Å². The number of nitrogens with zero attached hydrogens (tertiary/aromatic N) is 1. The van der Waals surface area contributed by atoms with Crippen LogP contribution in [-0.4, -0.2) is 17.1 Å². The van der Waals surface area contributed by atoms with Crippen molar-refractivity contribution in [3.8, 4) is 11.1 Å². The average molecular weight is 332 g/mol. The van der Waals surface area contributed by atoms with Crippen molar-refractivity contribution in [2.75, 3.05) is 5.33 Å². The highest BCUT2D eigenvalue weighted by Gasteiger charge is 2.04. The molecule has 0 aliphatic carbocycles. The van der Waals surface area contributed by atoms with Gasteiger partial charge in [0.2, 0.25) is 0 Å². The summed E-state index contributed by atoms with van der Waals surface area (Å²) >= 11 is 3.34. The summed E-state index contributed by atoms with van der Waals surface area (Å²) in [5.41, 5.74) is 11.2. The van der Waals surface area contributed by atoms with Gasteiger partial charge in [-0.05, 0) is 16.7 Å². The van der Waals surface area contributed by atoms with E-state index in [0.717, 1.165) is 16.7 Å². The number of hydrazone groups is 1. The first-order chi connectivity index (χ1) is 9.70. The van der Waals surface area contributed by atoms with Crippen LogP contribution in [0.25, 0.3) is 11.1 Å². The van der Waals surface area contributed by atoms with E-state index >= 15 is 0 Å². The Labute approximate surface area is 125 Å². The number of rotatable bonds is 4. The second-order valence-corrected chi connectivity index (χ2v) is 4.67. The maximum atomic E-state index is 10.7. The number of nitrogens with one attached hydrogen (secondary N) is 1. The van der Waals surface area contributed by atoms with Crippen LogP contribution < -0.4 is 11.2 Å². The summed E-state index contributed by atoms with van der Waals surface area (Å²) in [5, 5.41) is 4.49. The lowest BCUT2D eigenvalue weighted by Crippen LogP contribution is -2.26. The highest BCUT2D eigenvalue weighted by Crippen LogP contribution is 2.19. The summed E-state index contributed by atoms with van der Waals surface area (Å²) in [5.74, 6) is 0. The van der Waals surface area contributed by atoms with E-state index in [0.29, 0.717) is 11.0 Å². The van der Waals surface area contributed by atoms with Crippen molar-refractivity contribution >= 4 is 27.7 Å². The molecule has 0 spiro atoms. The van der Waals surface area contributed by atoms with E-state index in [1.807, 2.05) is 42.5 Å². The fourth-order valence-electron chi connectivity index (χ4n) is 1.78. The van der Waals surface area contributed by atoms with E-state index in [1.54, 1.807) is 0 Å². The van der Waals surface area contributed by atoms with Crippen LogP contribution in [0.3, 0.4) is 0 Å². The molecule has 0 unspecified atom stereocenters. The Bertz CT molecular complexity index is 609. The fraction of sp³-hybridized carbons (Fsp3) is 0.0667. The number of benzene rings is 2. The number of urea groups is 1. The normalized spacial score (nSPS) is 11.2. The van der Waals surface area contributed by atoms with Gasteiger partial charge in [0.05, 0.1) is 5.71 Å². The van der Waals surface area contributed by atoms with E-state index in [-0.39, 0.29) is 0 Å². The molecule has 2 rings (SSSR count). The summed E-state index contributed by atoms with van der Waals surface area (Å²) in [7, 11) is 0. The SMILES string of the molecule is NC(=O)NN=C(CBr)c1ccc(-c2ccccc2)cc1. The third kappa shape index (κ3) is 3.68. The topological polar surface area (TPSA) is 67.5 Å². The van der Waals surface area contributed by atoms with Gasteiger partial charge < -0.3 is 5.73 Å². The van der Waals surface area contributed by atoms with Crippen LogP contribution in [0.2, 0.25) is 0 Å². The van der Waals surface area contributed by atoms with E-state index in [2.05, 4.69) is 38.6 Å². The van der Waals surface area contributed by atoms with Crippen molar-refractivity contribution in [1.29, 1.82) is 0 Å². The molecule has 0 saturated carbocycles. The Hall–Kier alpha value is -2.14. The average Bonchev–Trinajstić information content (AvgIpc) is 2.49. The number of hydrogen-bond acceptors (Lipinski definition) is 2. The van der Waals surface area contributed by atoms with Gasteiger partial charge in [-0.25, -0.2) is 10.2 Å². The van der Waals surface area contributed by atoms with Gasteiger partial charge in [0.15, 0.2) is 0 Å².